The minimum absolute atomic E-state index is 0.228. The van der Waals surface area contributed by atoms with Gasteiger partial charge < -0.3 is 15.0 Å². The van der Waals surface area contributed by atoms with E-state index in [1.54, 1.807) is 10.4 Å². The van der Waals surface area contributed by atoms with E-state index in [9.17, 15) is 13.6 Å². The van der Waals surface area contributed by atoms with Gasteiger partial charge in [-0.1, -0.05) is 6.07 Å². The number of aromatic nitrogens is 1. The first kappa shape index (κ1) is 15.8. The molecule has 0 aliphatic carbocycles. The molecule has 5 nitrogen and oxygen atoms in total. The molecule has 2 amide bonds. The lowest BCUT2D eigenvalue weighted by molar-refractivity contribution is -0.0156. The minimum atomic E-state index is -0.920. The van der Waals surface area contributed by atoms with E-state index in [2.05, 4.69) is 10.3 Å². The van der Waals surface area contributed by atoms with Gasteiger partial charge in [0.25, 0.3) is 0 Å². The first-order valence-electron chi connectivity index (χ1n) is 7.10. The predicted octanol–water partition coefficient (Wildman–Crippen LogP) is 2.70. The van der Waals surface area contributed by atoms with E-state index in [-0.39, 0.29) is 12.6 Å². The van der Waals surface area contributed by atoms with Crippen molar-refractivity contribution in [3.05, 3.63) is 52.0 Å². The number of rotatable bonds is 3. The second-order valence-electron chi connectivity index (χ2n) is 5.12. The number of hydrogen-bond donors (Lipinski definition) is 1. The van der Waals surface area contributed by atoms with Gasteiger partial charge in [0, 0.05) is 11.9 Å². The molecule has 1 atom stereocenters. The van der Waals surface area contributed by atoms with E-state index in [1.165, 1.54) is 17.4 Å². The highest BCUT2D eigenvalue weighted by atomic mass is 32.1. The van der Waals surface area contributed by atoms with Crippen molar-refractivity contribution >= 4 is 17.4 Å². The standard InChI is InChI=1S/C15H15F2N3O2S/c16-12-2-1-10(5-13(12)17)14-7-20(3-4-22-14)15(21)18-6-11-8-23-9-19-11/h1-2,5,8-9,14H,3-4,6-7H2,(H,18,21). The van der Waals surface area contributed by atoms with Gasteiger partial charge in [0.05, 0.1) is 30.9 Å². The summed E-state index contributed by atoms with van der Waals surface area (Å²) < 4.78 is 31.9. The number of morpholine rings is 1. The number of hydrogen-bond acceptors (Lipinski definition) is 4. The summed E-state index contributed by atoms with van der Waals surface area (Å²) in [6.07, 6.45) is -0.469. The number of ether oxygens (including phenoxy) is 1. The fraction of sp³-hybridized carbons (Fsp3) is 0.333. The zero-order valence-corrected chi connectivity index (χ0v) is 13.0. The average molecular weight is 339 g/mol. The third-order valence-electron chi connectivity index (χ3n) is 3.57. The quantitative estimate of drug-likeness (QED) is 0.935. The molecule has 8 heteroatoms. The molecule has 0 radical (unpaired) electrons. The third-order valence-corrected chi connectivity index (χ3v) is 4.21. The Morgan fingerprint density at radius 1 is 1.43 bits per heavy atom. The van der Waals surface area contributed by atoms with Gasteiger partial charge in [0.1, 0.15) is 6.10 Å². The molecule has 1 aliphatic heterocycles. The van der Waals surface area contributed by atoms with Gasteiger partial charge in [-0.2, -0.15) is 0 Å². The molecule has 1 N–H and O–H groups in total. The fourth-order valence-corrected chi connectivity index (χ4v) is 2.91. The van der Waals surface area contributed by atoms with Crippen molar-refractivity contribution in [3.8, 4) is 0 Å². The summed E-state index contributed by atoms with van der Waals surface area (Å²) in [6.45, 7) is 1.43. The molecule has 2 heterocycles. The van der Waals surface area contributed by atoms with Crippen LogP contribution >= 0.6 is 11.3 Å². The number of halogens is 2. The van der Waals surface area contributed by atoms with Crippen molar-refractivity contribution in [2.24, 2.45) is 0 Å². The van der Waals surface area contributed by atoms with Crippen LogP contribution in [0.3, 0.4) is 0 Å². The van der Waals surface area contributed by atoms with Crippen LogP contribution in [0.1, 0.15) is 17.4 Å². The van der Waals surface area contributed by atoms with Crippen LogP contribution in [0.5, 0.6) is 0 Å². The van der Waals surface area contributed by atoms with E-state index in [4.69, 9.17) is 4.74 Å². The lowest BCUT2D eigenvalue weighted by Crippen LogP contribution is -2.47. The number of amides is 2. The largest absolute Gasteiger partial charge is 0.370 e. The van der Waals surface area contributed by atoms with Crippen LogP contribution in [0.2, 0.25) is 0 Å². The lowest BCUT2D eigenvalue weighted by Gasteiger charge is -2.33. The van der Waals surface area contributed by atoms with E-state index in [0.29, 0.717) is 25.3 Å². The Bertz CT molecular complexity index is 681. The molecule has 1 aliphatic rings. The topological polar surface area (TPSA) is 54.5 Å². The Morgan fingerprint density at radius 3 is 3.04 bits per heavy atom. The van der Waals surface area contributed by atoms with Gasteiger partial charge in [-0.15, -0.1) is 11.3 Å². The Labute approximate surface area is 135 Å². The van der Waals surface area contributed by atoms with E-state index >= 15 is 0 Å². The molecule has 0 bridgehead atoms. The maximum absolute atomic E-state index is 13.3. The van der Waals surface area contributed by atoms with Gasteiger partial charge >= 0.3 is 6.03 Å². The van der Waals surface area contributed by atoms with E-state index in [0.717, 1.165) is 17.8 Å². The van der Waals surface area contributed by atoms with Gasteiger partial charge in [-0.05, 0) is 17.7 Å². The number of nitrogens with one attached hydrogen (secondary N) is 1. The van der Waals surface area contributed by atoms with Gasteiger partial charge in [0.2, 0.25) is 0 Å². The van der Waals surface area contributed by atoms with Crippen LogP contribution in [0.15, 0.2) is 29.1 Å². The molecule has 1 aromatic heterocycles. The van der Waals surface area contributed by atoms with Gasteiger partial charge in [-0.25, -0.2) is 18.6 Å². The second kappa shape index (κ2) is 7.01. The first-order chi connectivity index (χ1) is 11.1. The molecule has 0 saturated carbocycles. The molecule has 1 fully saturated rings. The second-order valence-corrected chi connectivity index (χ2v) is 5.84. The summed E-state index contributed by atoms with van der Waals surface area (Å²) in [4.78, 5) is 17.9. The summed E-state index contributed by atoms with van der Waals surface area (Å²) in [5.41, 5.74) is 3.02. The Hall–Kier alpha value is -2.06. The summed E-state index contributed by atoms with van der Waals surface area (Å²) in [7, 11) is 0. The smallest absolute Gasteiger partial charge is 0.317 e. The van der Waals surface area contributed by atoms with Crippen LogP contribution in [0.25, 0.3) is 0 Å². The molecule has 1 saturated heterocycles. The van der Waals surface area contributed by atoms with Crippen molar-refractivity contribution in [2.75, 3.05) is 19.7 Å². The van der Waals surface area contributed by atoms with Crippen LogP contribution in [0.4, 0.5) is 13.6 Å². The van der Waals surface area contributed by atoms with Gasteiger partial charge in [0.15, 0.2) is 11.6 Å². The summed E-state index contributed by atoms with van der Waals surface area (Å²) >= 11 is 1.46. The number of urea groups is 1. The first-order valence-corrected chi connectivity index (χ1v) is 8.04. The number of thiazole rings is 1. The molecule has 1 aromatic carbocycles. The average Bonchev–Trinajstić information content (AvgIpc) is 3.09. The van der Waals surface area contributed by atoms with Gasteiger partial charge in [-0.3, -0.25) is 0 Å². The lowest BCUT2D eigenvalue weighted by atomic mass is 10.1. The van der Waals surface area contributed by atoms with Crippen LogP contribution in [-0.2, 0) is 11.3 Å². The normalized spacial score (nSPS) is 18.0. The molecule has 2 aromatic rings. The molecular weight excluding hydrogens is 324 g/mol. The minimum Gasteiger partial charge on any atom is -0.370 e. The number of benzene rings is 1. The molecule has 23 heavy (non-hydrogen) atoms. The van der Waals surface area contributed by atoms with E-state index in [1.807, 2.05) is 5.38 Å². The molecule has 3 rings (SSSR count). The van der Waals surface area contributed by atoms with Crippen molar-refractivity contribution in [1.82, 2.24) is 15.2 Å². The predicted molar refractivity (Wildman–Crippen MR) is 81.0 cm³/mol. The van der Waals surface area contributed by atoms with E-state index < -0.39 is 17.7 Å². The van der Waals surface area contributed by atoms with Crippen molar-refractivity contribution in [3.63, 3.8) is 0 Å². The summed E-state index contributed by atoms with van der Waals surface area (Å²) in [6, 6.07) is 3.42. The maximum Gasteiger partial charge on any atom is 0.317 e. The number of nitrogens with zero attached hydrogens (tertiary/aromatic N) is 2. The Morgan fingerprint density at radius 2 is 2.30 bits per heavy atom. The zero-order chi connectivity index (χ0) is 16.2. The van der Waals surface area contributed by atoms with Crippen molar-refractivity contribution in [1.29, 1.82) is 0 Å². The van der Waals surface area contributed by atoms with Crippen LogP contribution in [-0.4, -0.2) is 35.6 Å². The monoisotopic (exact) mass is 339 g/mol. The highest BCUT2D eigenvalue weighted by Gasteiger charge is 2.26. The molecule has 0 spiro atoms. The summed E-state index contributed by atoms with van der Waals surface area (Å²) in [5, 5.41) is 4.65. The fourth-order valence-electron chi connectivity index (χ4n) is 2.35. The highest BCUT2D eigenvalue weighted by Crippen LogP contribution is 2.23. The molecular formula is C15H15F2N3O2S. The maximum atomic E-state index is 13.3. The SMILES string of the molecule is O=C(NCc1cscn1)N1CCOC(c2ccc(F)c(F)c2)C1. The Kier molecular flexibility index (Phi) is 4.82. The highest BCUT2D eigenvalue weighted by molar-refractivity contribution is 7.07. The third kappa shape index (κ3) is 3.83. The van der Waals surface area contributed by atoms with Crippen molar-refractivity contribution < 1.29 is 18.3 Å². The zero-order valence-electron chi connectivity index (χ0n) is 12.2. The summed E-state index contributed by atoms with van der Waals surface area (Å²) in [5.74, 6) is -1.82. The number of carbonyl (C=O) groups excluding carboxylic acids is 1. The van der Waals surface area contributed by atoms with Crippen LogP contribution in [0, 0.1) is 11.6 Å². The number of carbonyl (C=O) groups is 1. The van der Waals surface area contributed by atoms with Crippen molar-refractivity contribution in [2.45, 2.75) is 12.6 Å². The molecule has 122 valence electrons. The molecule has 1 unspecified atom stereocenters. The van der Waals surface area contributed by atoms with Crippen LogP contribution < -0.4 is 5.32 Å². The Balaban J connectivity index is 1.60.